The molecule has 2 atom stereocenters. The van der Waals surface area contributed by atoms with Gasteiger partial charge in [-0.3, -0.25) is 0 Å². The first-order chi connectivity index (χ1) is 9.79. The number of nitrogens with one attached hydrogen (secondary N) is 1. The number of rotatable bonds is 4. The van der Waals surface area contributed by atoms with E-state index in [2.05, 4.69) is 11.6 Å². The Hall–Kier alpha value is -0.980. The lowest BCUT2D eigenvalue weighted by Gasteiger charge is -2.27. The molecule has 1 aromatic carbocycles. The van der Waals surface area contributed by atoms with Crippen LogP contribution in [-0.4, -0.2) is 19.4 Å². The van der Waals surface area contributed by atoms with Crippen LogP contribution in [0.25, 0.3) is 0 Å². The van der Waals surface area contributed by atoms with E-state index in [1.807, 2.05) is 0 Å². The summed E-state index contributed by atoms with van der Waals surface area (Å²) in [6.45, 7) is 3.95. The molecule has 1 aliphatic carbocycles. The number of thiocarbonyl (C=S) groups is 1. The second-order valence-corrected chi connectivity index (χ2v) is 8.06. The Balaban J connectivity index is 2.26. The summed E-state index contributed by atoms with van der Waals surface area (Å²) in [7, 11) is -3.54. The van der Waals surface area contributed by atoms with E-state index >= 15 is 0 Å². The fourth-order valence-electron chi connectivity index (χ4n) is 2.87. The molecule has 1 aromatic rings. The lowest BCUT2D eigenvalue weighted by Crippen LogP contribution is -2.38. The first kappa shape index (κ1) is 16.4. The molecule has 0 bridgehead atoms. The molecule has 0 spiro atoms. The van der Waals surface area contributed by atoms with Crippen LogP contribution in [0, 0.1) is 12.8 Å². The van der Waals surface area contributed by atoms with Gasteiger partial charge in [0.05, 0.1) is 4.90 Å². The minimum absolute atomic E-state index is 0.0200. The van der Waals surface area contributed by atoms with Crippen LogP contribution in [0.4, 0.5) is 0 Å². The lowest BCUT2D eigenvalue weighted by molar-refractivity contribution is 0.327. The molecule has 0 saturated heterocycles. The molecule has 2 rings (SSSR count). The van der Waals surface area contributed by atoms with Crippen LogP contribution >= 0.6 is 12.2 Å². The van der Waals surface area contributed by atoms with Crippen LogP contribution in [0.3, 0.4) is 0 Å². The van der Waals surface area contributed by atoms with Gasteiger partial charge in [-0.15, -0.1) is 0 Å². The maximum atomic E-state index is 12.6. The molecule has 2 unspecified atom stereocenters. The molecule has 3 N–H and O–H groups in total. The van der Waals surface area contributed by atoms with Crippen molar-refractivity contribution in [2.24, 2.45) is 11.7 Å². The minimum atomic E-state index is -3.54. The molecule has 0 aromatic heterocycles. The standard InChI is InChI=1S/C15H22N2O2S2/c1-10-4-3-5-13(8-10)17-21(18,19)14-9-12(15(16)20)7-6-11(14)2/h6-7,9-10,13,17H,3-5,8H2,1-2H3,(H2,16,20). The summed E-state index contributed by atoms with van der Waals surface area (Å²) in [5, 5.41) is 0. The number of sulfonamides is 1. The predicted octanol–water partition coefficient (Wildman–Crippen LogP) is 2.49. The zero-order valence-electron chi connectivity index (χ0n) is 12.4. The first-order valence-electron chi connectivity index (χ1n) is 7.22. The molecule has 1 fully saturated rings. The van der Waals surface area contributed by atoms with E-state index in [4.69, 9.17) is 18.0 Å². The molecule has 1 saturated carbocycles. The summed E-state index contributed by atoms with van der Waals surface area (Å²) in [6.07, 6.45) is 4.04. The number of hydrogen-bond donors (Lipinski definition) is 2. The maximum absolute atomic E-state index is 12.6. The Labute approximate surface area is 132 Å². The molecule has 0 aliphatic heterocycles. The predicted molar refractivity (Wildman–Crippen MR) is 88.8 cm³/mol. The summed E-state index contributed by atoms with van der Waals surface area (Å²) in [4.78, 5) is 0.476. The van der Waals surface area contributed by atoms with Gasteiger partial charge in [0.25, 0.3) is 0 Å². The van der Waals surface area contributed by atoms with Gasteiger partial charge in [0.1, 0.15) is 4.99 Å². The van der Waals surface area contributed by atoms with Crippen LogP contribution in [0.2, 0.25) is 0 Å². The third-order valence-corrected chi connectivity index (χ3v) is 5.92. The van der Waals surface area contributed by atoms with Crippen molar-refractivity contribution in [3.8, 4) is 0 Å². The molecule has 21 heavy (non-hydrogen) atoms. The molecular weight excluding hydrogens is 304 g/mol. The summed E-state index contributed by atoms with van der Waals surface area (Å²) in [5.74, 6) is 0.565. The molecule has 0 amide bonds. The first-order valence-corrected chi connectivity index (χ1v) is 9.11. The van der Waals surface area contributed by atoms with Gasteiger partial charge in [-0.2, -0.15) is 0 Å². The third-order valence-electron chi connectivity index (χ3n) is 4.02. The van der Waals surface area contributed by atoms with Crippen LogP contribution in [-0.2, 0) is 10.0 Å². The average Bonchev–Trinajstić information content (AvgIpc) is 2.38. The highest BCUT2D eigenvalue weighted by Gasteiger charge is 2.25. The van der Waals surface area contributed by atoms with Crippen LogP contribution in [0.15, 0.2) is 23.1 Å². The van der Waals surface area contributed by atoms with E-state index < -0.39 is 10.0 Å². The zero-order valence-corrected chi connectivity index (χ0v) is 14.1. The van der Waals surface area contributed by atoms with E-state index in [1.54, 1.807) is 25.1 Å². The van der Waals surface area contributed by atoms with Crippen molar-refractivity contribution in [3.05, 3.63) is 29.3 Å². The van der Waals surface area contributed by atoms with E-state index in [-0.39, 0.29) is 15.9 Å². The Kier molecular flexibility index (Phi) is 5.01. The topological polar surface area (TPSA) is 72.2 Å². The molecule has 116 valence electrons. The van der Waals surface area contributed by atoms with Gasteiger partial charge in [-0.05, 0) is 37.3 Å². The largest absolute Gasteiger partial charge is 0.389 e. The number of hydrogen-bond acceptors (Lipinski definition) is 3. The zero-order chi connectivity index (χ0) is 15.6. The van der Waals surface area contributed by atoms with Crippen molar-refractivity contribution in [2.75, 3.05) is 0 Å². The van der Waals surface area contributed by atoms with Gasteiger partial charge in [0, 0.05) is 11.6 Å². The fourth-order valence-corrected chi connectivity index (χ4v) is 4.55. The van der Waals surface area contributed by atoms with Crippen molar-refractivity contribution in [1.82, 2.24) is 4.72 Å². The summed E-state index contributed by atoms with van der Waals surface area (Å²) >= 11 is 4.93. The van der Waals surface area contributed by atoms with E-state index in [9.17, 15) is 8.42 Å². The smallest absolute Gasteiger partial charge is 0.241 e. The van der Waals surface area contributed by atoms with Crippen molar-refractivity contribution in [3.63, 3.8) is 0 Å². The highest BCUT2D eigenvalue weighted by molar-refractivity contribution is 7.89. The Morgan fingerprint density at radius 1 is 1.38 bits per heavy atom. The molecule has 6 heteroatoms. The number of benzene rings is 1. The molecular formula is C15H22N2O2S2. The quantitative estimate of drug-likeness (QED) is 0.834. The average molecular weight is 326 g/mol. The highest BCUT2D eigenvalue weighted by Crippen LogP contribution is 2.25. The van der Waals surface area contributed by atoms with Crippen LogP contribution in [0.5, 0.6) is 0 Å². The fraction of sp³-hybridized carbons (Fsp3) is 0.533. The lowest BCUT2D eigenvalue weighted by atomic mass is 9.88. The molecule has 0 radical (unpaired) electrons. The van der Waals surface area contributed by atoms with Gasteiger partial charge < -0.3 is 5.73 Å². The number of aryl methyl sites for hydroxylation is 1. The van der Waals surface area contributed by atoms with Gasteiger partial charge in [-0.25, -0.2) is 13.1 Å². The van der Waals surface area contributed by atoms with E-state index in [0.717, 1.165) is 19.3 Å². The second-order valence-electron chi connectivity index (χ2n) is 5.93. The third kappa shape index (κ3) is 4.02. The number of nitrogens with two attached hydrogens (primary N) is 1. The SMILES string of the molecule is Cc1ccc(C(N)=S)cc1S(=O)(=O)NC1CCCC(C)C1. The monoisotopic (exact) mass is 326 g/mol. The van der Waals surface area contributed by atoms with E-state index in [1.165, 1.54) is 6.42 Å². The van der Waals surface area contributed by atoms with Gasteiger partial charge in [0.2, 0.25) is 10.0 Å². The van der Waals surface area contributed by atoms with Gasteiger partial charge in [-0.1, -0.05) is 44.1 Å². The minimum Gasteiger partial charge on any atom is -0.389 e. The van der Waals surface area contributed by atoms with Crippen molar-refractivity contribution < 1.29 is 8.42 Å². The van der Waals surface area contributed by atoms with Crippen LogP contribution in [0.1, 0.15) is 43.7 Å². The maximum Gasteiger partial charge on any atom is 0.241 e. The van der Waals surface area contributed by atoms with Crippen molar-refractivity contribution >= 4 is 27.2 Å². The summed E-state index contributed by atoms with van der Waals surface area (Å²) in [5.41, 5.74) is 6.87. The Bertz CT molecular complexity index is 641. The Morgan fingerprint density at radius 3 is 2.71 bits per heavy atom. The van der Waals surface area contributed by atoms with Crippen molar-refractivity contribution in [1.29, 1.82) is 0 Å². The molecule has 0 heterocycles. The second kappa shape index (κ2) is 6.42. The highest BCUT2D eigenvalue weighted by atomic mass is 32.2. The molecule has 1 aliphatic rings. The summed E-state index contributed by atoms with van der Waals surface area (Å²) < 4.78 is 28.1. The van der Waals surface area contributed by atoms with Crippen LogP contribution < -0.4 is 10.5 Å². The van der Waals surface area contributed by atoms with Crippen molar-refractivity contribution in [2.45, 2.75) is 50.5 Å². The van der Waals surface area contributed by atoms with E-state index in [0.29, 0.717) is 17.0 Å². The van der Waals surface area contributed by atoms with Gasteiger partial charge >= 0.3 is 0 Å². The normalized spacial score (nSPS) is 23.0. The summed E-state index contributed by atoms with van der Waals surface area (Å²) in [6, 6.07) is 5.07. The van der Waals surface area contributed by atoms with Gasteiger partial charge in [0.15, 0.2) is 0 Å². The Morgan fingerprint density at radius 2 is 2.10 bits per heavy atom. The molecule has 4 nitrogen and oxygen atoms in total.